The van der Waals surface area contributed by atoms with E-state index in [0.717, 1.165) is 32.2 Å². The Balaban J connectivity index is 1.96. The van der Waals surface area contributed by atoms with Gasteiger partial charge in [-0.05, 0) is 45.2 Å². The Morgan fingerprint density at radius 2 is 1.85 bits per heavy atom. The van der Waals surface area contributed by atoms with E-state index in [-0.39, 0.29) is 6.10 Å². The third-order valence-electron chi connectivity index (χ3n) is 4.36. The highest BCUT2D eigenvalue weighted by Gasteiger charge is 2.35. The second kappa shape index (κ2) is 7.17. The first-order valence-electron chi connectivity index (χ1n) is 7.50. The van der Waals surface area contributed by atoms with Gasteiger partial charge in [-0.15, -0.1) is 0 Å². The second-order valence-electron chi connectivity index (χ2n) is 5.77. The van der Waals surface area contributed by atoms with Crippen LogP contribution in [-0.2, 0) is 14.9 Å². The summed E-state index contributed by atoms with van der Waals surface area (Å²) in [5.41, 5.74) is 0. The largest absolute Gasteiger partial charge is 0.381 e. The molecule has 0 saturated carbocycles. The summed E-state index contributed by atoms with van der Waals surface area (Å²) in [5, 5.41) is 3.15. The molecule has 2 aliphatic heterocycles. The van der Waals surface area contributed by atoms with Crippen molar-refractivity contribution in [3.8, 4) is 0 Å². The number of hydrogen-bond donors (Lipinski definition) is 1. The minimum Gasteiger partial charge on any atom is -0.381 e. The van der Waals surface area contributed by atoms with Gasteiger partial charge in [0.2, 0.25) is 0 Å². The van der Waals surface area contributed by atoms with Gasteiger partial charge < -0.3 is 10.1 Å². The molecule has 0 bridgehead atoms. The quantitative estimate of drug-likeness (QED) is 0.792. The second-order valence-corrected chi connectivity index (χ2v) is 7.69. The van der Waals surface area contributed by atoms with Crippen LogP contribution in [0.3, 0.4) is 0 Å². The molecule has 20 heavy (non-hydrogen) atoms. The highest BCUT2D eigenvalue weighted by molar-refractivity contribution is 7.86. The summed E-state index contributed by atoms with van der Waals surface area (Å²) in [6, 6.07) is 0. The van der Waals surface area contributed by atoms with Crippen LogP contribution in [0.25, 0.3) is 0 Å². The van der Waals surface area contributed by atoms with E-state index in [0.29, 0.717) is 32.1 Å². The lowest BCUT2D eigenvalue weighted by Gasteiger charge is -2.38. The lowest BCUT2D eigenvalue weighted by molar-refractivity contribution is 0.0586. The average molecular weight is 305 g/mol. The first kappa shape index (κ1) is 16.2. The maximum absolute atomic E-state index is 12.7. The van der Waals surface area contributed by atoms with Gasteiger partial charge in [0, 0.05) is 33.3 Å². The molecule has 118 valence electrons. The standard InChI is InChI=1S/C13H27N3O3S/c1-14-10-12-4-3-7-16(11-12)20(17,18)15-8-5-13(19-2)6-9-15/h12-14H,3-11H2,1-2H3. The molecule has 0 radical (unpaired) electrons. The Morgan fingerprint density at radius 1 is 1.15 bits per heavy atom. The molecule has 6 nitrogen and oxygen atoms in total. The van der Waals surface area contributed by atoms with E-state index < -0.39 is 10.2 Å². The minimum atomic E-state index is -3.28. The fourth-order valence-corrected chi connectivity index (χ4v) is 4.91. The summed E-state index contributed by atoms with van der Waals surface area (Å²) in [6.07, 6.45) is 3.87. The number of rotatable bonds is 5. The summed E-state index contributed by atoms with van der Waals surface area (Å²) in [7, 11) is 0.331. The zero-order valence-electron chi connectivity index (χ0n) is 12.5. The summed E-state index contributed by atoms with van der Waals surface area (Å²) < 4.78 is 34.0. The number of nitrogens with zero attached hydrogens (tertiary/aromatic N) is 2. The molecule has 0 aromatic rings. The highest BCUT2D eigenvalue weighted by Crippen LogP contribution is 2.23. The van der Waals surface area contributed by atoms with Crippen LogP contribution in [0.1, 0.15) is 25.7 Å². The number of ether oxygens (including phenoxy) is 1. The van der Waals surface area contributed by atoms with Crippen molar-refractivity contribution in [1.29, 1.82) is 0 Å². The van der Waals surface area contributed by atoms with Crippen molar-refractivity contribution < 1.29 is 13.2 Å². The molecule has 0 aliphatic carbocycles. The summed E-state index contributed by atoms with van der Waals surface area (Å²) >= 11 is 0. The summed E-state index contributed by atoms with van der Waals surface area (Å²) in [6.45, 7) is 3.35. The van der Waals surface area contributed by atoms with Crippen molar-refractivity contribution in [2.45, 2.75) is 31.8 Å². The van der Waals surface area contributed by atoms with Gasteiger partial charge in [0.05, 0.1) is 6.10 Å². The van der Waals surface area contributed by atoms with Gasteiger partial charge >= 0.3 is 0 Å². The maximum Gasteiger partial charge on any atom is 0.281 e. The van der Waals surface area contributed by atoms with Crippen molar-refractivity contribution in [3.05, 3.63) is 0 Å². The van der Waals surface area contributed by atoms with Crippen molar-refractivity contribution in [1.82, 2.24) is 13.9 Å². The third kappa shape index (κ3) is 3.71. The molecule has 1 N–H and O–H groups in total. The zero-order valence-corrected chi connectivity index (χ0v) is 13.4. The SMILES string of the molecule is CNCC1CCCN(S(=O)(=O)N2CCC(OC)CC2)C1. The number of hydrogen-bond acceptors (Lipinski definition) is 4. The molecule has 0 amide bonds. The van der Waals surface area contributed by atoms with Gasteiger partial charge in [0.25, 0.3) is 10.2 Å². The smallest absolute Gasteiger partial charge is 0.281 e. The topological polar surface area (TPSA) is 61.9 Å². The van der Waals surface area contributed by atoms with Crippen LogP contribution in [0.2, 0.25) is 0 Å². The number of piperidine rings is 2. The van der Waals surface area contributed by atoms with E-state index in [1.807, 2.05) is 7.05 Å². The average Bonchev–Trinajstić information content (AvgIpc) is 2.48. The lowest BCUT2D eigenvalue weighted by atomic mass is 10.00. The van der Waals surface area contributed by atoms with Gasteiger partial charge in [0.1, 0.15) is 0 Å². The van der Waals surface area contributed by atoms with Gasteiger partial charge in [0.15, 0.2) is 0 Å². The Kier molecular flexibility index (Phi) is 5.80. The molecule has 0 aromatic carbocycles. The van der Waals surface area contributed by atoms with Crippen LogP contribution < -0.4 is 5.32 Å². The van der Waals surface area contributed by atoms with Crippen molar-refractivity contribution in [3.63, 3.8) is 0 Å². The molecule has 1 atom stereocenters. The molecule has 2 aliphatic rings. The Morgan fingerprint density at radius 3 is 2.45 bits per heavy atom. The third-order valence-corrected chi connectivity index (χ3v) is 6.36. The minimum absolute atomic E-state index is 0.208. The van der Waals surface area contributed by atoms with Gasteiger partial charge in [-0.3, -0.25) is 0 Å². The van der Waals surface area contributed by atoms with E-state index in [1.165, 1.54) is 0 Å². The van der Waals surface area contributed by atoms with E-state index in [1.54, 1.807) is 15.7 Å². The molecular formula is C13H27N3O3S. The van der Waals surface area contributed by atoms with Crippen molar-refractivity contribution in [2.24, 2.45) is 5.92 Å². The fraction of sp³-hybridized carbons (Fsp3) is 1.00. The van der Waals surface area contributed by atoms with Crippen LogP contribution in [0.5, 0.6) is 0 Å². The monoisotopic (exact) mass is 305 g/mol. The van der Waals surface area contributed by atoms with Crippen LogP contribution >= 0.6 is 0 Å². The van der Waals surface area contributed by atoms with Crippen LogP contribution in [0.4, 0.5) is 0 Å². The van der Waals surface area contributed by atoms with Crippen molar-refractivity contribution >= 4 is 10.2 Å². The Hall–Kier alpha value is -0.210. The van der Waals surface area contributed by atoms with Crippen LogP contribution in [-0.4, -0.2) is 70.0 Å². The summed E-state index contributed by atoms with van der Waals surface area (Å²) in [5.74, 6) is 0.431. The highest BCUT2D eigenvalue weighted by atomic mass is 32.2. The normalized spacial score (nSPS) is 27.8. The molecular weight excluding hydrogens is 278 g/mol. The van der Waals surface area contributed by atoms with Crippen LogP contribution in [0.15, 0.2) is 0 Å². The number of nitrogens with one attached hydrogen (secondary N) is 1. The number of methoxy groups -OCH3 is 1. The lowest BCUT2D eigenvalue weighted by Crippen LogP contribution is -2.51. The molecule has 2 heterocycles. The Labute approximate surface area is 122 Å². The molecule has 1 unspecified atom stereocenters. The van der Waals surface area contributed by atoms with Crippen LogP contribution in [0, 0.1) is 5.92 Å². The van der Waals surface area contributed by atoms with Crippen molar-refractivity contribution in [2.75, 3.05) is 46.9 Å². The molecule has 0 aromatic heterocycles. The predicted octanol–water partition coefficient (Wildman–Crippen LogP) is 0.273. The fourth-order valence-electron chi connectivity index (χ4n) is 3.15. The summed E-state index contributed by atoms with van der Waals surface area (Å²) in [4.78, 5) is 0. The van der Waals surface area contributed by atoms with Gasteiger partial charge in [-0.1, -0.05) is 0 Å². The molecule has 2 rings (SSSR count). The Bertz CT molecular complexity index is 392. The van der Waals surface area contributed by atoms with E-state index in [2.05, 4.69) is 5.32 Å². The molecule has 2 fully saturated rings. The van der Waals surface area contributed by atoms with Gasteiger partial charge in [-0.2, -0.15) is 17.0 Å². The van der Waals surface area contributed by atoms with E-state index in [4.69, 9.17) is 4.74 Å². The molecule has 7 heteroatoms. The van der Waals surface area contributed by atoms with E-state index >= 15 is 0 Å². The molecule has 2 saturated heterocycles. The maximum atomic E-state index is 12.7. The molecule has 0 spiro atoms. The zero-order chi connectivity index (χ0) is 14.6. The van der Waals surface area contributed by atoms with E-state index in [9.17, 15) is 8.42 Å². The van der Waals surface area contributed by atoms with Gasteiger partial charge in [-0.25, -0.2) is 0 Å². The predicted molar refractivity (Wildman–Crippen MR) is 78.7 cm³/mol. The first-order valence-corrected chi connectivity index (χ1v) is 8.90. The first-order chi connectivity index (χ1) is 9.57.